The van der Waals surface area contributed by atoms with E-state index in [4.69, 9.17) is 13.9 Å². The average molecular weight is 411 g/mol. The molecule has 5 rings (SSSR count). The van der Waals surface area contributed by atoms with Crippen LogP contribution in [0.1, 0.15) is 5.56 Å². The van der Waals surface area contributed by atoms with E-state index in [1.54, 1.807) is 6.07 Å². The Kier molecular flexibility index (Phi) is 4.09. The predicted octanol–water partition coefficient (Wildman–Crippen LogP) is 2.80. The number of furan rings is 1. The maximum atomic E-state index is 12.7. The topological polar surface area (TPSA) is 94.8 Å². The lowest BCUT2D eigenvalue weighted by atomic mass is 10.0. The van der Waals surface area contributed by atoms with Crippen molar-refractivity contribution in [3.63, 3.8) is 0 Å². The number of ether oxygens (including phenoxy) is 2. The normalized spacial score (nSPS) is 19.0. The van der Waals surface area contributed by atoms with Gasteiger partial charge in [-0.3, -0.25) is 4.79 Å². The van der Waals surface area contributed by atoms with E-state index >= 15 is 0 Å². The summed E-state index contributed by atoms with van der Waals surface area (Å²) in [5.41, 5.74) is 2.16. The van der Waals surface area contributed by atoms with Crippen molar-refractivity contribution in [1.82, 2.24) is 5.32 Å². The summed E-state index contributed by atoms with van der Waals surface area (Å²) in [4.78, 5) is 12.7. The highest BCUT2D eigenvalue weighted by atomic mass is 32.2. The third-order valence-electron chi connectivity index (χ3n) is 4.94. The van der Waals surface area contributed by atoms with Gasteiger partial charge in [0.05, 0.1) is 18.2 Å². The molecule has 0 saturated carbocycles. The molecule has 3 heterocycles. The second-order valence-corrected chi connectivity index (χ2v) is 8.92. The van der Waals surface area contributed by atoms with Gasteiger partial charge in [0.1, 0.15) is 11.3 Å². The minimum absolute atomic E-state index is 0.0429. The monoisotopic (exact) mass is 411 g/mol. The summed E-state index contributed by atoms with van der Waals surface area (Å²) >= 11 is 0. The first-order valence-electron chi connectivity index (χ1n) is 9.09. The zero-order valence-electron chi connectivity index (χ0n) is 15.3. The minimum atomic E-state index is -3.24. The van der Waals surface area contributed by atoms with Crippen molar-refractivity contribution in [2.24, 2.45) is 0 Å². The zero-order valence-corrected chi connectivity index (χ0v) is 16.1. The Hall–Kier alpha value is -3.26. The summed E-state index contributed by atoms with van der Waals surface area (Å²) in [5.74, 6) is 1.39. The van der Waals surface area contributed by atoms with Gasteiger partial charge in [-0.15, -0.1) is 0 Å². The van der Waals surface area contributed by atoms with Crippen LogP contribution in [0.25, 0.3) is 22.3 Å². The summed E-state index contributed by atoms with van der Waals surface area (Å²) in [6.07, 6.45) is 1.54. The van der Waals surface area contributed by atoms with E-state index in [1.165, 1.54) is 6.08 Å². The molecule has 3 aromatic rings. The van der Waals surface area contributed by atoms with Gasteiger partial charge >= 0.3 is 0 Å². The second kappa shape index (κ2) is 6.66. The van der Waals surface area contributed by atoms with Crippen LogP contribution in [-0.4, -0.2) is 32.9 Å². The van der Waals surface area contributed by atoms with E-state index in [2.05, 4.69) is 5.32 Å². The molecule has 0 aliphatic carbocycles. The Morgan fingerprint density at radius 2 is 1.86 bits per heavy atom. The fourth-order valence-electron chi connectivity index (χ4n) is 3.62. The summed E-state index contributed by atoms with van der Waals surface area (Å²) in [6.45, 7) is 0.145. The molecule has 1 unspecified atom stereocenters. The number of carbonyl (C=O) groups excluding carboxylic acids is 1. The van der Waals surface area contributed by atoms with Crippen molar-refractivity contribution in [2.75, 3.05) is 12.5 Å². The zero-order chi connectivity index (χ0) is 20.0. The highest BCUT2D eigenvalue weighted by Crippen LogP contribution is 2.41. The molecule has 0 saturated heterocycles. The Labute approximate surface area is 166 Å². The maximum Gasteiger partial charge on any atom is 0.231 e. The number of rotatable bonds is 4. The number of carbonyl (C=O) groups is 1. The minimum Gasteiger partial charge on any atom is -0.456 e. The molecule has 1 amide bonds. The number of nitrogens with one attached hydrogen (secondary N) is 1. The molecule has 1 aromatic heterocycles. The van der Waals surface area contributed by atoms with E-state index in [9.17, 15) is 13.2 Å². The molecule has 0 bridgehead atoms. The number of amides is 1. The van der Waals surface area contributed by atoms with Gasteiger partial charge in [0.15, 0.2) is 21.3 Å². The number of benzene rings is 2. The first kappa shape index (κ1) is 17.8. The third kappa shape index (κ3) is 3.36. The molecule has 2 aliphatic rings. The molecule has 1 atom stereocenters. The fourth-order valence-corrected chi connectivity index (χ4v) is 4.85. The predicted molar refractivity (Wildman–Crippen MR) is 106 cm³/mol. The Morgan fingerprint density at radius 1 is 1.10 bits per heavy atom. The number of sulfone groups is 1. The van der Waals surface area contributed by atoms with Crippen molar-refractivity contribution in [1.29, 1.82) is 0 Å². The number of hydrogen-bond acceptors (Lipinski definition) is 6. The van der Waals surface area contributed by atoms with Crippen LogP contribution in [0.3, 0.4) is 0 Å². The van der Waals surface area contributed by atoms with Gasteiger partial charge in [-0.05, 0) is 12.1 Å². The van der Waals surface area contributed by atoms with Crippen molar-refractivity contribution in [3.05, 3.63) is 59.5 Å². The molecule has 148 valence electrons. The van der Waals surface area contributed by atoms with E-state index in [0.29, 0.717) is 28.4 Å². The van der Waals surface area contributed by atoms with Gasteiger partial charge in [-0.25, -0.2) is 8.42 Å². The smallest absolute Gasteiger partial charge is 0.231 e. The molecule has 29 heavy (non-hydrogen) atoms. The molecular formula is C21H17NO6S. The quantitative estimate of drug-likeness (QED) is 0.709. The van der Waals surface area contributed by atoms with Crippen LogP contribution in [0, 0.1) is 0 Å². The molecular weight excluding hydrogens is 394 g/mol. The second-order valence-electron chi connectivity index (χ2n) is 6.99. The lowest BCUT2D eigenvalue weighted by molar-refractivity contribution is -0.120. The molecule has 2 aromatic carbocycles. The maximum absolute atomic E-state index is 12.7. The van der Waals surface area contributed by atoms with Crippen LogP contribution in [0.2, 0.25) is 0 Å². The molecule has 0 spiro atoms. The first-order chi connectivity index (χ1) is 14.0. The van der Waals surface area contributed by atoms with Crippen molar-refractivity contribution in [3.8, 4) is 22.8 Å². The van der Waals surface area contributed by atoms with Crippen LogP contribution in [0.15, 0.2) is 58.4 Å². The van der Waals surface area contributed by atoms with Gasteiger partial charge in [0.2, 0.25) is 12.7 Å². The van der Waals surface area contributed by atoms with Crippen molar-refractivity contribution >= 4 is 26.7 Å². The van der Waals surface area contributed by atoms with E-state index in [0.717, 1.165) is 16.4 Å². The molecule has 0 radical (unpaired) electrons. The van der Waals surface area contributed by atoms with Gasteiger partial charge in [-0.2, -0.15) is 0 Å². The summed E-state index contributed by atoms with van der Waals surface area (Å²) in [5, 5.41) is 4.67. The van der Waals surface area contributed by atoms with Crippen molar-refractivity contribution < 1.29 is 27.1 Å². The molecule has 2 aliphatic heterocycles. The Morgan fingerprint density at radius 3 is 2.59 bits per heavy atom. The van der Waals surface area contributed by atoms with E-state index in [1.807, 2.05) is 36.4 Å². The molecule has 0 fully saturated rings. The van der Waals surface area contributed by atoms with Crippen molar-refractivity contribution in [2.45, 2.75) is 12.5 Å². The molecule has 8 heteroatoms. The van der Waals surface area contributed by atoms with E-state index in [-0.39, 0.29) is 24.9 Å². The molecule has 7 nitrogen and oxygen atoms in total. The summed E-state index contributed by atoms with van der Waals surface area (Å²) in [6, 6.07) is 12.6. The van der Waals surface area contributed by atoms with Crippen LogP contribution in [0.5, 0.6) is 11.5 Å². The van der Waals surface area contributed by atoms with Gasteiger partial charge in [-0.1, -0.05) is 30.3 Å². The Balaban J connectivity index is 1.52. The van der Waals surface area contributed by atoms with Crippen LogP contribution in [-0.2, 0) is 21.1 Å². The lowest BCUT2D eigenvalue weighted by Gasteiger charge is -2.10. The summed E-state index contributed by atoms with van der Waals surface area (Å²) in [7, 11) is -3.24. The standard InChI is InChI=1S/C21H17NO6S/c23-20(22-14-6-7-29(24,25)11-14)9-16-15-8-18-19(27-12-26-18)10-17(15)28-21(16)13-4-2-1-3-5-13/h1-8,10,14H,9,11-12H2,(H,22,23). The van der Waals surface area contributed by atoms with Gasteiger partial charge in [0, 0.05) is 28.0 Å². The average Bonchev–Trinajstić information content (AvgIpc) is 3.38. The number of fused-ring (bicyclic) bond motifs is 2. The van der Waals surface area contributed by atoms with Gasteiger partial charge in [0.25, 0.3) is 0 Å². The van der Waals surface area contributed by atoms with Gasteiger partial charge < -0.3 is 19.2 Å². The van der Waals surface area contributed by atoms with Crippen LogP contribution < -0.4 is 14.8 Å². The third-order valence-corrected chi connectivity index (χ3v) is 6.33. The van der Waals surface area contributed by atoms with E-state index < -0.39 is 15.9 Å². The number of hydrogen-bond donors (Lipinski definition) is 1. The Bertz CT molecular complexity index is 1240. The van der Waals surface area contributed by atoms with Crippen LogP contribution >= 0.6 is 0 Å². The highest BCUT2D eigenvalue weighted by Gasteiger charge is 2.26. The highest BCUT2D eigenvalue weighted by molar-refractivity contribution is 7.94. The SMILES string of the molecule is O=C(Cc1c(-c2ccccc2)oc2cc3c(cc12)OCO3)NC1C=CS(=O)(=O)C1. The largest absolute Gasteiger partial charge is 0.456 e. The van der Waals surface area contributed by atoms with Crippen LogP contribution in [0.4, 0.5) is 0 Å². The molecule has 1 N–H and O–H groups in total. The first-order valence-corrected chi connectivity index (χ1v) is 10.8. The fraction of sp³-hybridized carbons (Fsp3) is 0.190. The lowest BCUT2D eigenvalue weighted by Crippen LogP contribution is -2.36. The summed E-state index contributed by atoms with van der Waals surface area (Å²) < 4.78 is 40.2.